The molecule has 8 heteroatoms. The Morgan fingerprint density at radius 2 is 1.97 bits per heavy atom. The molecule has 0 spiro atoms. The molecule has 0 radical (unpaired) electrons. The van der Waals surface area contributed by atoms with Crippen molar-refractivity contribution in [2.24, 2.45) is 0 Å². The quantitative estimate of drug-likeness (QED) is 0.263. The summed E-state index contributed by atoms with van der Waals surface area (Å²) in [5.41, 5.74) is 3.67. The number of nitrogens with zero attached hydrogens (tertiary/aromatic N) is 2. The summed E-state index contributed by atoms with van der Waals surface area (Å²) in [4.78, 5) is 33.5. The van der Waals surface area contributed by atoms with E-state index >= 15 is 0 Å². The molecule has 0 bridgehead atoms. The minimum Gasteiger partial charge on any atom is -0.325 e. The van der Waals surface area contributed by atoms with Crippen LogP contribution in [-0.2, 0) is 17.0 Å². The second kappa shape index (κ2) is 9.24. The summed E-state index contributed by atoms with van der Waals surface area (Å²) in [6.07, 6.45) is 0.851. The van der Waals surface area contributed by atoms with E-state index in [0.717, 1.165) is 44.9 Å². The van der Waals surface area contributed by atoms with Crippen molar-refractivity contribution in [1.29, 1.82) is 0 Å². The van der Waals surface area contributed by atoms with E-state index in [4.69, 9.17) is 4.98 Å². The van der Waals surface area contributed by atoms with Gasteiger partial charge in [-0.05, 0) is 48.7 Å². The fraction of sp³-hybridized carbons (Fsp3) is 0.269. The fourth-order valence-corrected chi connectivity index (χ4v) is 7.31. The first-order chi connectivity index (χ1) is 16.3. The van der Waals surface area contributed by atoms with Crippen LogP contribution in [0.3, 0.4) is 0 Å². The zero-order valence-corrected chi connectivity index (χ0v) is 21.7. The summed E-state index contributed by atoms with van der Waals surface area (Å²) < 4.78 is 1.77. The average Bonchev–Trinajstić information content (AvgIpc) is 3.15. The normalized spacial score (nSPS) is 14.7. The first kappa shape index (κ1) is 23.2. The van der Waals surface area contributed by atoms with E-state index in [-0.39, 0.29) is 22.0 Å². The smallest absolute Gasteiger partial charge is 0.267 e. The van der Waals surface area contributed by atoms with E-state index < -0.39 is 0 Å². The van der Waals surface area contributed by atoms with Gasteiger partial charge in [0.1, 0.15) is 4.83 Å². The van der Waals surface area contributed by atoms with Crippen molar-refractivity contribution in [3.05, 3.63) is 81.0 Å². The van der Waals surface area contributed by atoms with Crippen LogP contribution >= 0.6 is 34.9 Å². The Balaban J connectivity index is 1.57. The van der Waals surface area contributed by atoms with Crippen LogP contribution in [0.4, 0.5) is 5.69 Å². The van der Waals surface area contributed by atoms with Crippen molar-refractivity contribution >= 4 is 56.7 Å². The Morgan fingerprint density at radius 3 is 2.74 bits per heavy atom. The molecule has 2 aromatic heterocycles. The van der Waals surface area contributed by atoms with Gasteiger partial charge >= 0.3 is 0 Å². The van der Waals surface area contributed by atoms with Crippen molar-refractivity contribution in [2.75, 3.05) is 11.1 Å². The van der Waals surface area contributed by atoms with Crippen LogP contribution in [0.15, 0.2) is 64.5 Å². The lowest BCUT2D eigenvalue weighted by atomic mass is 10.00. The van der Waals surface area contributed by atoms with Crippen LogP contribution < -0.4 is 10.9 Å². The molecule has 1 N–H and O–H groups in total. The molecule has 1 aliphatic rings. The molecular weight excluding hydrogens is 483 g/mol. The number of nitrogens with one attached hydrogen (secondary N) is 1. The number of thiophene rings is 1. The maximum absolute atomic E-state index is 13.9. The van der Waals surface area contributed by atoms with Crippen LogP contribution in [0, 0.1) is 6.92 Å². The maximum Gasteiger partial charge on any atom is 0.267 e. The summed E-state index contributed by atoms with van der Waals surface area (Å²) >= 11 is 4.83. The average molecular weight is 508 g/mol. The van der Waals surface area contributed by atoms with Crippen molar-refractivity contribution in [2.45, 2.75) is 42.8 Å². The predicted molar refractivity (Wildman–Crippen MR) is 145 cm³/mol. The second-order valence-corrected chi connectivity index (χ2v) is 12.7. The summed E-state index contributed by atoms with van der Waals surface area (Å²) in [6.45, 7) is 6.46. The number of hydrogen-bond donors (Lipinski definition) is 1. The van der Waals surface area contributed by atoms with Crippen molar-refractivity contribution in [1.82, 2.24) is 9.55 Å². The monoisotopic (exact) mass is 507 g/mol. The summed E-state index contributed by atoms with van der Waals surface area (Å²) in [5, 5.41) is 4.17. The lowest BCUT2D eigenvalue weighted by molar-refractivity contribution is -0.113. The van der Waals surface area contributed by atoms with Crippen LogP contribution in [0.1, 0.15) is 29.9 Å². The number of thioether (sulfide) groups is 2. The summed E-state index contributed by atoms with van der Waals surface area (Å²) in [6, 6.07) is 17.2. The molecule has 0 fully saturated rings. The largest absolute Gasteiger partial charge is 0.325 e. The van der Waals surface area contributed by atoms with Gasteiger partial charge in [-0.1, -0.05) is 55.9 Å². The number of amides is 1. The Kier molecular flexibility index (Phi) is 6.31. The third-order valence-electron chi connectivity index (χ3n) is 5.72. The van der Waals surface area contributed by atoms with Gasteiger partial charge in [-0.15, -0.1) is 23.1 Å². The SMILES string of the molecule is Cc1cccc(-n2c(SCC(=O)Nc3ccccc3)nc3sc4c(c3c2=O)CC(C)(C)SC4)c1. The Hall–Kier alpha value is -2.55. The highest BCUT2D eigenvalue weighted by Gasteiger charge is 2.31. The maximum atomic E-state index is 13.9. The summed E-state index contributed by atoms with van der Waals surface area (Å²) in [7, 11) is 0. The minimum atomic E-state index is -0.134. The molecule has 0 saturated carbocycles. The molecule has 0 atom stereocenters. The van der Waals surface area contributed by atoms with E-state index in [1.807, 2.05) is 73.3 Å². The molecule has 34 heavy (non-hydrogen) atoms. The topological polar surface area (TPSA) is 64.0 Å². The number of aromatic nitrogens is 2. The lowest BCUT2D eigenvalue weighted by Gasteiger charge is -2.28. The number of carbonyl (C=O) groups is 1. The van der Waals surface area contributed by atoms with Gasteiger partial charge in [0.05, 0.1) is 16.8 Å². The van der Waals surface area contributed by atoms with Crippen LogP contribution in [-0.4, -0.2) is 26.0 Å². The molecule has 174 valence electrons. The van der Waals surface area contributed by atoms with E-state index in [9.17, 15) is 9.59 Å². The van der Waals surface area contributed by atoms with E-state index in [1.54, 1.807) is 15.9 Å². The van der Waals surface area contributed by atoms with Gasteiger partial charge in [-0.2, -0.15) is 0 Å². The van der Waals surface area contributed by atoms with Gasteiger partial charge < -0.3 is 5.32 Å². The van der Waals surface area contributed by atoms with E-state index in [1.165, 1.54) is 16.6 Å². The Bertz CT molecular complexity index is 1440. The van der Waals surface area contributed by atoms with Gasteiger partial charge in [0.2, 0.25) is 5.91 Å². The number of para-hydroxylation sites is 1. The molecule has 0 aliphatic carbocycles. The third kappa shape index (κ3) is 4.67. The van der Waals surface area contributed by atoms with Gasteiger partial charge in [-0.25, -0.2) is 4.98 Å². The molecule has 0 unspecified atom stereocenters. The molecule has 1 aliphatic heterocycles. The van der Waals surface area contributed by atoms with Crippen molar-refractivity contribution in [3.63, 3.8) is 0 Å². The van der Waals surface area contributed by atoms with Crippen LogP contribution in [0.25, 0.3) is 15.9 Å². The first-order valence-electron chi connectivity index (χ1n) is 11.1. The number of anilines is 1. The number of carbonyl (C=O) groups excluding carboxylic acids is 1. The highest BCUT2D eigenvalue weighted by Crippen LogP contribution is 2.44. The Morgan fingerprint density at radius 1 is 1.18 bits per heavy atom. The standard InChI is InChI=1S/C26H25N3O2S3/c1-16-8-7-11-18(12-16)29-24(31)22-19-13-26(2,3)33-14-20(19)34-23(22)28-25(29)32-15-21(30)27-17-9-5-4-6-10-17/h4-12H,13-15H2,1-3H3,(H,27,30). The Labute approximate surface area is 211 Å². The van der Waals surface area contributed by atoms with E-state index in [0.29, 0.717) is 5.16 Å². The van der Waals surface area contributed by atoms with Crippen LogP contribution in [0.5, 0.6) is 0 Å². The number of fused-ring (bicyclic) bond motifs is 3. The van der Waals surface area contributed by atoms with Gasteiger partial charge in [-0.3, -0.25) is 14.2 Å². The second-order valence-electron chi connectivity index (χ2n) is 8.99. The minimum absolute atomic E-state index is 0.0539. The molecule has 1 amide bonds. The van der Waals surface area contributed by atoms with Gasteiger partial charge in [0.25, 0.3) is 5.56 Å². The third-order valence-corrected chi connectivity index (χ3v) is 9.33. The lowest BCUT2D eigenvalue weighted by Crippen LogP contribution is -2.26. The highest BCUT2D eigenvalue weighted by atomic mass is 32.2. The highest BCUT2D eigenvalue weighted by molar-refractivity contribution is 8.00. The predicted octanol–water partition coefficient (Wildman–Crippen LogP) is 6.05. The molecule has 5 nitrogen and oxygen atoms in total. The molecule has 0 saturated heterocycles. The molecule has 4 aromatic rings. The van der Waals surface area contributed by atoms with Crippen LogP contribution in [0.2, 0.25) is 0 Å². The number of hydrogen-bond acceptors (Lipinski definition) is 6. The van der Waals surface area contributed by atoms with Gasteiger partial charge in [0.15, 0.2) is 5.16 Å². The number of rotatable bonds is 5. The molecule has 3 heterocycles. The molecule has 5 rings (SSSR count). The van der Waals surface area contributed by atoms with Crippen molar-refractivity contribution < 1.29 is 4.79 Å². The summed E-state index contributed by atoms with van der Waals surface area (Å²) in [5.74, 6) is 0.923. The molecular formula is C26H25N3O2S3. The number of aryl methyl sites for hydroxylation is 1. The molecule has 2 aromatic carbocycles. The van der Waals surface area contributed by atoms with Crippen molar-refractivity contribution in [3.8, 4) is 5.69 Å². The first-order valence-corrected chi connectivity index (χ1v) is 13.9. The zero-order valence-electron chi connectivity index (χ0n) is 19.3. The number of benzene rings is 2. The van der Waals surface area contributed by atoms with Gasteiger partial charge in [0, 0.05) is 21.1 Å². The zero-order chi connectivity index (χ0) is 23.9. The van der Waals surface area contributed by atoms with E-state index in [2.05, 4.69) is 19.2 Å². The fourth-order valence-electron chi connectivity index (χ4n) is 4.11.